The van der Waals surface area contributed by atoms with Gasteiger partial charge >= 0.3 is 12.1 Å². The van der Waals surface area contributed by atoms with E-state index in [4.69, 9.17) is 9.47 Å². The molecule has 1 aromatic rings. The van der Waals surface area contributed by atoms with Crippen molar-refractivity contribution in [1.29, 1.82) is 0 Å². The van der Waals surface area contributed by atoms with Crippen molar-refractivity contribution in [1.82, 2.24) is 10.2 Å². The van der Waals surface area contributed by atoms with Gasteiger partial charge in [-0.1, -0.05) is 12.1 Å². The number of methoxy groups -OCH3 is 1. The summed E-state index contributed by atoms with van der Waals surface area (Å²) >= 11 is 0. The van der Waals surface area contributed by atoms with E-state index in [9.17, 15) is 9.59 Å². The third-order valence-corrected chi connectivity index (χ3v) is 4.54. The molecule has 1 aliphatic rings. The lowest BCUT2D eigenvalue weighted by atomic mass is 10.0. The molecule has 2 rings (SSSR count). The van der Waals surface area contributed by atoms with Gasteiger partial charge in [-0.25, -0.2) is 9.59 Å². The summed E-state index contributed by atoms with van der Waals surface area (Å²) in [5.41, 5.74) is 1.23. The van der Waals surface area contributed by atoms with Gasteiger partial charge in [0, 0.05) is 19.1 Å². The van der Waals surface area contributed by atoms with Crippen molar-refractivity contribution in [2.45, 2.75) is 52.3 Å². The van der Waals surface area contributed by atoms with Crippen molar-refractivity contribution in [3.63, 3.8) is 0 Å². The van der Waals surface area contributed by atoms with Gasteiger partial charge in [0.15, 0.2) is 0 Å². The topological polar surface area (TPSA) is 67.9 Å². The molecule has 1 fully saturated rings. The first-order valence-corrected chi connectivity index (χ1v) is 9.07. The molecule has 0 aromatic heterocycles. The van der Waals surface area contributed by atoms with Crippen LogP contribution in [0.4, 0.5) is 4.79 Å². The van der Waals surface area contributed by atoms with Gasteiger partial charge in [-0.3, -0.25) is 4.90 Å². The number of esters is 1. The van der Waals surface area contributed by atoms with Gasteiger partial charge in [0.25, 0.3) is 0 Å². The van der Waals surface area contributed by atoms with Crippen LogP contribution in [0.15, 0.2) is 24.3 Å². The molecule has 6 nitrogen and oxygen atoms in total. The summed E-state index contributed by atoms with van der Waals surface area (Å²) < 4.78 is 10.0. The maximum atomic E-state index is 11.9. The number of carbonyl (C=O) groups excluding carboxylic acids is 2. The van der Waals surface area contributed by atoms with E-state index in [-0.39, 0.29) is 18.1 Å². The average molecular weight is 362 g/mol. The van der Waals surface area contributed by atoms with Crippen molar-refractivity contribution in [3.05, 3.63) is 35.4 Å². The number of amides is 1. The van der Waals surface area contributed by atoms with Crippen molar-refractivity contribution in [3.8, 4) is 0 Å². The average Bonchev–Trinajstić information content (AvgIpc) is 3.01. The van der Waals surface area contributed by atoms with Crippen LogP contribution < -0.4 is 5.32 Å². The van der Waals surface area contributed by atoms with Crippen LogP contribution in [0.2, 0.25) is 0 Å². The highest BCUT2D eigenvalue weighted by molar-refractivity contribution is 5.89. The minimum atomic E-state index is -0.484. The van der Waals surface area contributed by atoms with Gasteiger partial charge in [0.05, 0.1) is 12.7 Å². The van der Waals surface area contributed by atoms with Gasteiger partial charge in [-0.2, -0.15) is 0 Å². The normalized spacial score (nSPS) is 19.0. The number of benzene rings is 1. The van der Waals surface area contributed by atoms with E-state index < -0.39 is 5.60 Å². The Morgan fingerprint density at radius 3 is 2.50 bits per heavy atom. The zero-order valence-electron chi connectivity index (χ0n) is 16.4. The zero-order chi connectivity index (χ0) is 19.3. The molecular formula is C20H30N2O4. The Bertz CT molecular complexity index is 622. The molecule has 1 heterocycles. The van der Waals surface area contributed by atoms with Crippen LogP contribution in [0.5, 0.6) is 0 Å². The third kappa shape index (κ3) is 6.02. The molecule has 144 valence electrons. The van der Waals surface area contributed by atoms with E-state index in [2.05, 4.69) is 10.2 Å². The molecule has 1 aliphatic heterocycles. The number of ether oxygens (including phenoxy) is 2. The van der Waals surface area contributed by atoms with Gasteiger partial charge in [-0.15, -0.1) is 0 Å². The van der Waals surface area contributed by atoms with Gasteiger partial charge in [0.1, 0.15) is 5.60 Å². The van der Waals surface area contributed by atoms with Crippen LogP contribution in [-0.4, -0.2) is 48.8 Å². The van der Waals surface area contributed by atoms with E-state index >= 15 is 0 Å². The SMILES string of the molecule is COC(=O)c1ccc(CN2CCC(C(C)NC(=O)OC(C)(C)C)C2)cc1. The molecule has 2 unspecified atom stereocenters. The van der Waals surface area contributed by atoms with Gasteiger partial charge in [0.2, 0.25) is 0 Å². The third-order valence-electron chi connectivity index (χ3n) is 4.54. The summed E-state index contributed by atoms with van der Waals surface area (Å²) in [5, 5.41) is 2.95. The van der Waals surface area contributed by atoms with E-state index in [0.29, 0.717) is 11.5 Å². The van der Waals surface area contributed by atoms with Crippen LogP contribution >= 0.6 is 0 Å². The number of nitrogens with one attached hydrogen (secondary N) is 1. The largest absolute Gasteiger partial charge is 0.465 e. The number of alkyl carbamates (subject to hydrolysis) is 1. The molecule has 1 saturated heterocycles. The number of nitrogens with zero attached hydrogens (tertiary/aromatic N) is 1. The van der Waals surface area contributed by atoms with Crippen molar-refractivity contribution in [2.24, 2.45) is 5.92 Å². The highest BCUT2D eigenvalue weighted by atomic mass is 16.6. The maximum Gasteiger partial charge on any atom is 0.407 e. The lowest BCUT2D eigenvalue weighted by molar-refractivity contribution is 0.0491. The molecule has 0 saturated carbocycles. The first-order valence-electron chi connectivity index (χ1n) is 9.07. The number of hydrogen-bond acceptors (Lipinski definition) is 5. The van der Waals surface area contributed by atoms with E-state index in [1.54, 1.807) is 12.1 Å². The summed E-state index contributed by atoms with van der Waals surface area (Å²) in [5.74, 6) is 0.0803. The fraction of sp³-hybridized carbons (Fsp3) is 0.600. The molecule has 1 aromatic carbocycles. The maximum absolute atomic E-state index is 11.9. The fourth-order valence-corrected chi connectivity index (χ4v) is 3.15. The molecule has 1 N–H and O–H groups in total. The van der Waals surface area contributed by atoms with Crippen molar-refractivity contribution < 1.29 is 19.1 Å². The first-order chi connectivity index (χ1) is 12.2. The molecule has 2 atom stereocenters. The smallest absolute Gasteiger partial charge is 0.407 e. The summed E-state index contributed by atoms with van der Waals surface area (Å²) in [4.78, 5) is 25.8. The summed E-state index contributed by atoms with van der Waals surface area (Å²) in [6, 6.07) is 7.57. The Labute approximate surface area is 155 Å². The Hall–Kier alpha value is -2.08. The summed E-state index contributed by atoms with van der Waals surface area (Å²) in [6.07, 6.45) is 0.679. The zero-order valence-corrected chi connectivity index (χ0v) is 16.4. The number of hydrogen-bond donors (Lipinski definition) is 1. The lowest BCUT2D eigenvalue weighted by Gasteiger charge is -2.25. The Balaban J connectivity index is 1.82. The Morgan fingerprint density at radius 1 is 1.27 bits per heavy atom. The highest BCUT2D eigenvalue weighted by Gasteiger charge is 2.29. The number of likely N-dealkylation sites (tertiary alicyclic amines) is 1. The molecule has 0 bridgehead atoms. The van der Waals surface area contributed by atoms with Crippen LogP contribution in [-0.2, 0) is 16.0 Å². The van der Waals surface area contributed by atoms with Crippen LogP contribution in [0.25, 0.3) is 0 Å². The van der Waals surface area contributed by atoms with E-state index in [0.717, 1.165) is 31.6 Å². The molecule has 26 heavy (non-hydrogen) atoms. The number of carbonyl (C=O) groups is 2. The second kappa shape index (κ2) is 8.54. The Kier molecular flexibility index (Phi) is 6.64. The predicted octanol–water partition coefficient (Wildman–Crippen LogP) is 3.21. The quantitative estimate of drug-likeness (QED) is 0.815. The predicted molar refractivity (Wildman–Crippen MR) is 100.0 cm³/mol. The minimum absolute atomic E-state index is 0.0663. The lowest BCUT2D eigenvalue weighted by Crippen LogP contribution is -2.42. The summed E-state index contributed by atoms with van der Waals surface area (Å²) in [6.45, 7) is 10.4. The minimum Gasteiger partial charge on any atom is -0.465 e. The van der Waals surface area contributed by atoms with Crippen LogP contribution in [0.1, 0.15) is 50.0 Å². The molecule has 0 radical (unpaired) electrons. The fourth-order valence-electron chi connectivity index (χ4n) is 3.15. The summed E-state index contributed by atoms with van der Waals surface area (Å²) in [7, 11) is 1.38. The molecule has 1 amide bonds. The second-order valence-corrected chi connectivity index (χ2v) is 7.91. The van der Waals surface area contributed by atoms with Gasteiger partial charge < -0.3 is 14.8 Å². The van der Waals surface area contributed by atoms with Crippen molar-refractivity contribution >= 4 is 12.1 Å². The van der Waals surface area contributed by atoms with E-state index in [1.165, 1.54) is 7.11 Å². The first kappa shape index (κ1) is 20.2. The van der Waals surface area contributed by atoms with E-state index in [1.807, 2.05) is 39.8 Å². The van der Waals surface area contributed by atoms with Crippen LogP contribution in [0.3, 0.4) is 0 Å². The molecular weight excluding hydrogens is 332 g/mol. The van der Waals surface area contributed by atoms with Crippen LogP contribution in [0, 0.1) is 5.92 Å². The highest BCUT2D eigenvalue weighted by Crippen LogP contribution is 2.22. The van der Waals surface area contributed by atoms with Gasteiger partial charge in [-0.05, 0) is 64.3 Å². The molecule has 0 spiro atoms. The Morgan fingerprint density at radius 2 is 1.92 bits per heavy atom. The monoisotopic (exact) mass is 362 g/mol. The molecule has 0 aliphatic carbocycles. The number of rotatable bonds is 5. The molecule has 6 heteroatoms. The standard InChI is InChI=1S/C20H30N2O4/c1-14(21-19(24)26-20(2,3)4)17-10-11-22(13-17)12-15-6-8-16(9-7-15)18(23)25-5/h6-9,14,17H,10-13H2,1-5H3,(H,21,24). The second-order valence-electron chi connectivity index (χ2n) is 7.91. The van der Waals surface area contributed by atoms with Crippen molar-refractivity contribution in [2.75, 3.05) is 20.2 Å².